The Kier molecular flexibility index (Phi) is 7.13. The third-order valence-corrected chi connectivity index (χ3v) is 7.40. The molecule has 1 fully saturated rings. The Morgan fingerprint density at radius 3 is 2.62 bits per heavy atom. The number of likely N-dealkylation sites (tertiary alicyclic amines) is 1. The summed E-state index contributed by atoms with van der Waals surface area (Å²) < 4.78 is 11.1. The van der Waals surface area contributed by atoms with Crippen molar-refractivity contribution >= 4 is 50.5 Å². The van der Waals surface area contributed by atoms with Gasteiger partial charge in [0.05, 0.1) is 0 Å². The zero-order valence-corrected chi connectivity index (χ0v) is 19.7. The Morgan fingerprint density at radius 1 is 1.24 bits per heavy atom. The van der Waals surface area contributed by atoms with Crippen LogP contribution in [0.25, 0.3) is 11.1 Å². The fourth-order valence-electron chi connectivity index (χ4n) is 3.42. The highest BCUT2D eigenvalue weighted by Gasteiger charge is 2.54. The van der Waals surface area contributed by atoms with Crippen molar-refractivity contribution in [2.75, 3.05) is 6.61 Å². The average molecular weight is 500 g/mol. The molecule has 1 aliphatic heterocycles. The second-order valence-corrected chi connectivity index (χ2v) is 9.77. The number of β-lactam (4-membered cyclic amide) rings is 1. The maximum absolute atomic E-state index is 12.9. The van der Waals surface area contributed by atoms with Crippen LogP contribution in [-0.4, -0.2) is 56.8 Å². The standard InChI is InChI=1S/C23H21N3O6S2/c1-13(2)19(22(29)30)26-20(28)18(25-17(27)12-31-14-8-4-3-5-9-14)21(26)33-34-23-24-15-10-6-7-11-16(15)32-23/h3-11,18-19,21H,1,12H2,2H3,(H,25,27)(H,29,30). The highest BCUT2D eigenvalue weighted by atomic mass is 33.1. The molecular formula is C23H21N3O6S2. The average Bonchev–Trinajstić information content (AvgIpc) is 3.24. The zero-order chi connectivity index (χ0) is 24.2. The molecule has 176 valence electrons. The van der Waals surface area contributed by atoms with Gasteiger partial charge in [0.1, 0.15) is 22.7 Å². The third-order valence-electron chi connectivity index (χ3n) is 4.98. The number of amides is 2. The molecule has 3 aromatic rings. The van der Waals surface area contributed by atoms with Gasteiger partial charge in [0.15, 0.2) is 18.2 Å². The van der Waals surface area contributed by atoms with E-state index in [4.69, 9.17) is 9.15 Å². The lowest BCUT2D eigenvalue weighted by Crippen LogP contribution is -2.73. The van der Waals surface area contributed by atoms with E-state index in [2.05, 4.69) is 16.9 Å². The number of carbonyl (C=O) groups excluding carboxylic acids is 2. The molecule has 2 heterocycles. The molecule has 2 N–H and O–H groups in total. The number of carboxylic acids is 1. The first-order valence-corrected chi connectivity index (χ1v) is 12.4. The molecule has 0 radical (unpaired) electrons. The van der Waals surface area contributed by atoms with Crippen LogP contribution in [0.5, 0.6) is 5.75 Å². The Morgan fingerprint density at radius 2 is 1.94 bits per heavy atom. The number of hydrogen-bond acceptors (Lipinski definition) is 8. The topological polar surface area (TPSA) is 122 Å². The minimum Gasteiger partial charge on any atom is -0.484 e. The van der Waals surface area contributed by atoms with E-state index in [-0.39, 0.29) is 6.61 Å². The highest BCUT2D eigenvalue weighted by molar-refractivity contribution is 8.76. The lowest BCUT2D eigenvalue weighted by Gasteiger charge is -2.48. The van der Waals surface area contributed by atoms with Crippen molar-refractivity contribution in [2.45, 2.75) is 29.6 Å². The number of carbonyl (C=O) groups is 3. The summed E-state index contributed by atoms with van der Waals surface area (Å²) in [6.45, 7) is 4.97. The van der Waals surface area contributed by atoms with Crippen molar-refractivity contribution in [2.24, 2.45) is 0 Å². The monoisotopic (exact) mass is 499 g/mol. The maximum Gasteiger partial charge on any atom is 0.330 e. The molecule has 3 unspecified atom stereocenters. The zero-order valence-electron chi connectivity index (χ0n) is 18.0. The molecule has 9 nitrogen and oxygen atoms in total. The van der Waals surface area contributed by atoms with Gasteiger partial charge in [-0.05, 0) is 36.8 Å². The Labute approximate surface area is 202 Å². The van der Waals surface area contributed by atoms with Crippen molar-refractivity contribution in [1.82, 2.24) is 15.2 Å². The van der Waals surface area contributed by atoms with Crippen LogP contribution in [-0.2, 0) is 14.4 Å². The van der Waals surface area contributed by atoms with Gasteiger partial charge in [-0.15, -0.1) is 0 Å². The first-order valence-electron chi connectivity index (χ1n) is 10.2. The first kappa shape index (κ1) is 23.7. The number of para-hydroxylation sites is 3. The minimum atomic E-state index is -1.22. The number of rotatable bonds is 10. The first-order chi connectivity index (χ1) is 16.3. The molecule has 1 aromatic heterocycles. The number of aliphatic carboxylic acids is 1. The van der Waals surface area contributed by atoms with E-state index in [0.717, 1.165) is 10.8 Å². The molecule has 11 heteroatoms. The van der Waals surface area contributed by atoms with Gasteiger partial charge in [0, 0.05) is 10.8 Å². The van der Waals surface area contributed by atoms with Gasteiger partial charge in [0.25, 0.3) is 11.1 Å². The molecule has 34 heavy (non-hydrogen) atoms. The van der Waals surface area contributed by atoms with E-state index < -0.39 is 35.2 Å². The SMILES string of the molecule is C=C(C)C(C(=O)O)N1C(=O)C(NC(=O)COc2ccccc2)C1SSc1nc2ccccc2o1. The molecule has 0 saturated carbocycles. The summed E-state index contributed by atoms with van der Waals surface area (Å²) in [5.74, 6) is -1.69. The molecule has 2 amide bonds. The highest BCUT2D eigenvalue weighted by Crippen LogP contribution is 2.43. The van der Waals surface area contributed by atoms with Crippen LogP contribution in [0.15, 0.2) is 76.4 Å². The molecule has 0 spiro atoms. The van der Waals surface area contributed by atoms with Gasteiger partial charge >= 0.3 is 5.97 Å². The molecule has 2 aromatic carbocycles. The predicted molar refractivity (Wildman–Crippen MR) is 128 cm³/mol. The summed E-state index contributed by atoms with van der Waals surface area (Å²) in [7, 11) is 2.33. The molecule has 1 aliphatic rings. The summed E-state index contributed by atoms with van der Waals surface area (Å²) in [6, 6.07) is 13.9. The van der Waals surface area contributed by atoms with E-state index >= 15 is 0 Å². The van der Waals surface area contributed by atoms with Gasteiger partial charge in [-0.3, -0.25) is 9.59 Å². The lowest BCUT2D eigenvalue weighted by molar-refractivity contribution is -0.159. The van der Waals surface area contributed by atoms with Gasteiger partial charge in [0.2, 0.25) is 5.91 Å². The molecular weight excluding hydrogens is 478 g/mol. The van der Waals surface area contributed by atoms with Crippen LogP contribution in [0.4, 0.5) is 0 Å². The molecule has 3 atom stereocenters. The Bertz CT molecular complexity index is 1180. The van der Waals surface area contributed by atoms with E-state index in [1.165, 1.54) is 15.7 Å². The van der Waals surface area contributed by atoms with Gasteiger partial charge in [-0.25, -0.2) is 9.78 Å². The van der Waals surface area contributed by atoms with E-state index in [9.17, 15) is 19.5 Å². The second kappa shape index (κ2) is 10.2. The van der Waals surface area contributed by atoms with Gasteiger partial charge < -0.3 is 24.5 Å². The normalized spacial score (nSPS) is 18.3. The fraction of sp³-hybridized carbons (Fsp3) is 0.217. The summed E-state index contributed by atoms with van der Waals surface area (Å²) in [6.07, 6.45) is 0. The number of hydrogen-bond donors (Lipinski definition) is 2. The fourth-order valence-corrected chi connectivity index (χ4v) is 5.84. The number of carboxylic acid groups (broad SMARTS) is 1. The van der Waals surface area contributed by atoms with Crippen LogP contribution < -0.4 is 10.1 Å². The summed E-state index contributed by atoms with van der Waals surface area (Å²) in [5, 5.41) is 12.0. The predicted octanol–water partition coefficient (Wildman–Crippen LogP) is 3.33. The molecule has 4 rings (SSSR count). The van der Waals surface area contributed by atoms with E-state index in [0.29, 0.717) is 27.6 Å². The summed E-state index contributed by atoms with van der Waals surface area (Å²) in [4.78, 5) is 42.8. The van der Waals surface area contributed by atoms with Crippen molar-refractivity contribution in [3.05, 3.63) is 66.7 Å². The number of ether oxygens (including phenoxy) is 1. The maximum atomic E-state index is 12.9. The van der Waals surface area contributed by atoms with Crippen molar-refractivity contribution < 1.29 is 28.6 Å². The third kappa shape index (κ3) is 5.05. The summed E-state index contributed by atoms with van der Waals surface area (Å²) >= 11 is 0. The largest absolute Gasteiger partial charge is 0.484 e. The van der Waals surface area contributed by atoms with Crippen LogP contribution in [0.1, 0.15) is 6.92 Å². The van der Waals surface area contributed by atoms with E-state index in [1.54, 1.807) is 37.3 Å². The molecule has 1 saturated heterocycles. The lowest BCUT2D eigenvalue weighted by atomic mass is 9.99. The van der Waals surface area contributed by atoms with Crippen molar-refractivity contribution in [1.29, 1.82) is 0 Å². The number of benzene rings is 2. The number of aromatic nitrogens is 1. The molecule has 0 aliphatic carbocycles. The van der Waals surface area contributed by atoms with E-state index in [1.807, 2.05) is 24.3 Å². The quantitative estimate of drug-likeness (QED) is 0.246. The molecule has 0 bridgehead atoms. The number of fused-ring (bicyclic) bond motifs is 1. The smallest absolute Gasteiger partial charge is 0.330 e. The minimum absolute atomic E-state index is 0.285. The summed E-state index contributed by atoms with van der Waals surface area (Å²) in [5.41, 5.74) is 1.59. The van der Waals surface area contributed by atoms with Crippen LogP contribution in [0.3, 0.4) is 0 Å². The Balaban J connectivity index is 1.47. The van der Waals surface area contributed by atoms with Crippen LogP contribution in [0, 0.1) is 0 Å². The van der Waals surface area contributed by atoms with Gasteiger partial charge in [-0.2, -0.15) is 0 Å². The number of nitrogens with zero attached hydrogens (tertiary/aromatic N) is 2. The van der Waals surface area contributed by atoms with Crippen LogP contribution >= 0.6 is 21.6 Å². The number of nitrogens with one attached hydrogen (secondary N) is 1. The van der Waals surface area contributed by atoms with Crippen LogP contribution in [0.2, 0.25) is 0 Å². The second-order valence-electron chi connectivity index (χ2n) is 7.50. The number of oxazole rings is 1. The van der Waals surface area contributed by atoms with Gasteiger partial charge in [-0.1, -0.05) is 47.7 Å². The Hall–Kier alpha value is -3.44. The van der Waals surface area contributed by atoms with Crippen molar-refractivity contribution in [3.63, 3.8) is 0 Å². The van der Waals surface area contributed by atoms with Crippen molar-refractivity contribution in [3.8, 4) is 5.75 Å².